The zero-order valence-corrected chi connectivity index (χ0v) is 11.0. The van der Waals surface area contributed by atoms with Crippen molar-refractivity contribution in [2.75, 3.05) is 5.32 Å². The molecular formula is C15H19N3O. The second-order valence-corrected chi connectivity index (χ2v) is 5.40. The van der Waals surface area contributed by atoms with Crippen LogP contribution < -0.4 is 5.32 Å². The van der Waals surface area contributed by atoms with Crippen LogP contribution in [-0.4, -0.2) is 16.1 Å². The molecule has 4 heteroatoms. The molecule has 0 aliphatic heterocycles. The van der Waals surface area contributed by atoms with E-state index < -0.39 is 0 Å². The Morgan fingerprint density at radius 1 is 1.32 bits per heavy atom. The minimum Gasteiger partial charge on any atom is -0.324 e. The Hall–Kier alpha value is -1.84. The lowest BCUT2D eigenvalue weighted by Crippen LogP contribution is -2.18. The molecule has 0 saturated heterocycles. The molecular weight excluding hydrogens is 238 g/mol. The number of hydrogen-bond acceptors (Lipinski definition) is 2. The van der Waals surface area contributed by atoms with Gasteiger partial charge in [0.1, 0.15) is 0 Å². The van der Waals surface area contributed by atoms with Crippen molar-refractivity contribution in [3.63, 3.8) is 0 Å². The van der Waals surface area contributed by atoms with Gasteiger partial charge in [-0.25, -0.2) is 0 Å². The highest BCUT2D eigenvalue weighted by Gasteiger charge is 2.17. The van der Waals surface area contributed by atoms with E-state index in [0.29, 0.717) is 12.3 Å². The molecule has 3 rings (SSSR count). The lowest BCUT2D eigenvalue weighted by atomic mass is 9.87. The van der Waals surface area contributed by atoms with Crippen molar-refractivity contribution >= 4 is 22.5 Å². The average molecular weight is 257 g/mol. The Labute approximate surface area is 112 Å². The van der Waals surface area contributed by atoms with Crippen molar-refractivity contribution in [1.29, 1.82) is 0 Å². The van der Waals surface area contributed by atoms with Crippen LogP contribution in [0.4, 0.5) is 5.69 Å². The Morgan fingerprint density at radius 2 is 2.16 bits per heavy atom. The number of para-hydroxylation sites is 1. The molecule has 1 fully saturated rings. The molecule has 1 aliphatic rings. The van der Waals surface area contributed by atoms with E-state index in [4.69, 9.17) is 0 Å². The first-order chi connectivity index (χ1) is 9.33. The molecule has 1 aromatic carbocycles. The average Bonchev–Trinajstić information content (AvgIpc) is 2.89. The summed E-state index contributed by atoms with van der Waals surface area (Å²) >= 11 is 0. The van der Waals surface area contributed by atoms with E-state index in [1.54, 1.807) is 6.20 Å². The summed E-state index contributed by atoms with van der Waals surface area (Å²) in [6, 6.07) is 5.84. The van der Waals surface area contributed by atoms with Crippen molar-refractivity contribution in [3.8, 4) is 0 Å². The van der Waals surface area contributed by atoms with E-state index in [9.17, 15) is 4.79 Å². The van der Waals surface area contributed by atoms with Gasteiger partial charge in [-0.15, -0.1) is 0 Å². The number of carbonyl (C=O) groups is 1. The van der Waals surface area contributed by atoms with Crippen LogP contribution in [0.3, 0.4) is 0 Å². The molecule has 0 unspecified atom stereocenters. The molecule has 1 saturated carbocycles. The van der Waals surface area contributed by atoms with Gasteiger partial charge < -0.3 is 5.32 Å². The number of carbonyl (C=O) groups excluding carboxylic acids is 1. The van der Waals surface area contributed by atoms with E-state index in [2.05, 4.69) is 15.5 Å². The summed E-state index contributed by atoms with van der Waals surface area (Å²) in [5.74, 6) is 0.684. The van der Waals surface area contributed by atoms with Crippen molar-refractivity contribution < 1.29 is 4.79 Å². The molecule has 1 amide bonds. The van der Waals surface area contributed by atoms with Gasteiger partial charge in [-0.05, 0) is 24.8 Å². The Kier molecular flexibility index (Phi) is 3.49. The zero-order chi connectivity index (χ0) is 13.1. The van der Waals surface area contributed by atoms with E-state index in [0.717, 1.165) is 16.6 Å². The van der Waals surface area contributed by atoms with Gasteiger partial charge in [-0.2, -0.15) is 5.10 Å². The Morgan fingerprint density at radius 3 is 3.00 bits per heavy atom. The third-order valence-corrected chi connectivity index (χ3v) is 3.95. The second kappa shape index (κ2) is 5.43. The zero-order valence-electron chi connectivity index (χ0n) is 11.0. The summed E-state index contributed by atoms with van der Waals surface area (Å²) in [6.07, 6.45) is 8.67. The summed E-state index contributed by atoms with van der Waals surface area (Å²) < 4.78 is 0. The molecule has 100 valence electrons. The number of aromatic amines is 1. The molecule has 0 bridgehead atoms. The number of nitrogens with zero attached hydrogens (tertiary/aromatic N) is 1. The summed E-state index contributed by atoms with van der Waals surface area (Å²) in [7, 11) is 0. The predicted molar refractivity (Wildman–Crippen MR) is 75.9 cm³/mol. The van der Waals surface area contributed by atoms with Crippen molar-refractivity contribution in [2.45, 2.75) is 38.5 Å². The third-order valence-electron chi connectivity index (χ3n) is 3.95. The van der Waals surface area contributed by atoms with Crippen LogP contribution in [0.15, 0.2) is 24.4 Å². The fourth-order valence-corrected chi connectivity index (χ4v) is 2.93. The Bertz CT molecular complexity index is 570. The molecule has 4 nitrogen and oxygen atoms in total. The summed E-state index contributed by atoms with van der Waals surface area (Å²) in [5, 5.41) is 11.0. The summed E-state index contributed by atoms with van der Waals surface area (Å²) in [5.41, 5.74) is 1.73. The number of aromatic nitrogens is 2. The highest BCUT2D eigenvalue weighted by molar-refractivity contribution is 6.00. The lowest BCUT2D eigenvalue weighted by molar-refractivity contribution is -0.117. The molecule has 0 spiro atoms. The maximum atomic E-state index is 12.1. The molecule has 0 radical (unpaired) electrons. The third kappa shape index (κ3) is 2.78. The summed E-state index contributed by atoms with van der Waals surface area (Å²) in [4.78, 5) is 12.1. The van der Waals surface area contributed by atoms with Crippen molar-refractivity contribution in [2.24, 2.45) is 5.92 Å². The van der Waals surface area contributed by atoms with Gasteiger partial charge in [-0.1, -0.05) is 31.4 Å². The van der Waals surface area contributed by atoms with Crippen LogP contribution in [0.2, 0.25) is 0 Å². The number of nitrogens with one attached hydrogen (secondary N) is 2. The highest BCUT2D eigenvalue weighted by atomic mass is 16.1. The second-order valence-electron chi connectivity index (χ2n) is 5.40. The number of anilines is 1. The first-order valence-corrected chi connectivity index (χ1v) is 7.05. The molecule has 1 aliphatic carbocycles. The van der Waals surface area contributed by atoms with E-state index in [1.165, 1.54) is 32.1 Å². The predicted octanol–water partition coefficient (Wildman–Crippen LogP) is 3.47. The van der Waals surface area contributed by atoms with Gasteiger partial charge >= 0.3 is 0 Å². The fraction of sp³-hybridized carbons (Fsp3) is 0.467. The maximum absolute atomic E-state index is 12.1. The standard InChI is InChI=1S/C15H19N3O/c19-14(9-11-5-2-1-3-6-11)17-13-8-4-7-12-10-16-18-15(12)13/h4,7-8,10-11H,1-3,5-6,9H2,(H,16,18)(H,17,19). The number of amides is 1. The van der Waals surface area contributed by atoms with Gasteiger partial charge in [0.2, 0.25) is 5.91 Å². The van der Waals surface area contributed by atoms with Crippen LogP contribution in [0.5, 0.6) is 0 Å². The quantitative estimate of drug-likeness (QED) is 0.884. The molecule has 2 aromatic rings. The number of benzene rings is 1. The van der Waals surface area contributed by atoms with Crippen LogP contribution >= 0.6 is 0 Å². The SMILES string of the molecule is O=C(CC1CCCCC1)Nc1cccc2cn[nH]c12. The maximum Gasteiger partial charge on any atom is 0.224 e. The van der Waals surface area contributed by atoms with Crippen molar-refractivity contribution in [3.05, 3.63) is 24.4 Å². The minimum absolute atomic E-state index is 0.119. The van der Waals surface area contributed by atoms with Crippen LogP contribution in [-0.2, 0) is 4.79 Å². The smallest absolute Gasteiger partial charge is 0.224 e. The van der Waals surface area contributed by atoms with E-state index in [1.807, 2.05) is 18.2 Å². The number of fused-ring (bicyclic) bond motifs is 1. The molecule has 1 aromatic heterocycles. The Balaban J connectivity index is 1.67. The first kappa shape index (κ1) is 12.2. The van der Waals surface area contributed by atoms with Crippen LogP contribution in [0.1, 0.15) is 38.5 Å². The highest BCUT2D eigenvalue weighted by Crippen LogP contribution is 2.27. The molecule has 19 heavy (non-hydrogen) atoms. The number of rotatable bonds is 3. The molecule has 2 N–H and O–H groups in total. The number of H-pyrrole nitrogens is 1. The fourth-order valence-electron chi connectivity index (χ4n) is 2.93. The van der Waals surface area contributed by atoms with Crippen LogP contribution in [0, 0.1) is 5.92 Å². The normalized spacial score (nSPS) is 16.6. The molecule has 1 heterocycles. The molecule has 0 atom stereocenters. The van der Waals surface area contributed by atoms with Crippen LogP contribution in [0.25, 0.3) is 10.9 Å². The topological polar surface area (TPSA) is 57.8 Å². The van der Waals surface area contributed by atoms with E-state index in [-0.39, 0.29) is 5.91 Å². The van der Waals surface area contributed by atoms with Gasteiger partial charge in [-0.3, -0.25) is 9.89 Å². The lowest BCUT2D eigenvalue weighted by Gasteiger charge is -2.20. The summed E-state index contributed by atoms with van der Waals surface area (Å²) in [6.45, 7) is 0. The van der Waals surface area contributed by atoms with Gasteiger partial charge in [0.15, 0.2) is 0 Å². The van der Waals surface area contributed by atoms with E-state index >= 15 is 0 Å². The monoisotopic (exact) mass is 257 g/mol. The number of hydrogen-bond donors (Lipinski definition) is 2. The first-order valence-electron chi connectivity index (χ1n) is 7.05. The minimum atomic E-state index is 0.119. The van der Waals surface area contributed by atoms with Gasteiger partial charge in [0.05, 0.1) is 17.4 Å². The van der Waals surface area contributed by atoms with Gasteiger partial charge in [0, 0.05) is 11.8 Å². The largest absolute Gasteiger partial charge is 0.324 e. The van der Waals surface area contributed by atoms with Crippen molar-refractivity contribution in [1.82, 2.24) is 10.2 Å². The van der Waals surface area contributed by atoms with Gasteiger partial charge in [0.25, 0.3) is 0 Å².